The topological polar surface area (TPSA) is 12.5 Å². The molecule has 0 saturated heterocycles. The minimum atomic E-state index is -0.626. The van der Waals surface area contributed by atoms with Gasteiger partial charge in [0, 0.05) is 17.1 Å². The lowest BCUT2D eigenvalue weighted by Crippen LogP contribution is -2.29. The lowest BCUT2D eigenvalue weighted by atomic mass is 9.67. The quantitative estimate of drug-likeness (QED) is 0.114. The zero-order valence-electron chi connectivity index (χ0n) is 41.6. The zero-order chi connectivity index (χ0) is 48.8. The first-order chi connectivity index (χ1) is 35.4. The molecule has 0 N–H and O–H groups in total. The van der Waals surface area contributed by atoms with Gasteiger partial charge in [-0.15, -0.1) is 0 Å². The Labute approximate surface area is 425 Å². The van der Waals surface area contributed by atoms with E-state index < -0.39 is 10.8 Å². The first kappa shape index (κ1) is 45.0. The number of ether oxygens (including phenoxy) is 1. The normalized spacial score (nSPS) is 15.3. The van der Waals surface area contributed by atoms with E-state index in [2.05, 4.69) is 281 Å². The largest absolute Gasteiger partial charge is 0.489 e. The van der Waals surface area contributed by atoms with Crippen LogP contribution in [0.4, 0.5) is 17.1 Å². The van der Waals surface area contributed by atoms with Crippen LogP contribution in [-0.4, -0.2) is 0 Å². The number of rotatable bonds is 13. The molecule has 350 valence electrons. The average Bonchev–Trinajstić information content (AvgIpc) is 3.92. The fraction of sp³-hybridized carbons (Fsp3) is 0.143. The minimum absolute atomic E-state index is 0.412. The van der Waals surface area contributed by atoms with Crippen LogP contribution in [0, 0.1) is 0 Å². The molecule has 72 heavy (non-hydrogen) atoms. The molecule has 2 nitrogen and oxygen atoms in total. The van der Waals surface area contributed by atoms with Crippen LogP contribution in [-0.2, 0) is 17.4 Å². The molecule has 0 fully saturated rings. The Hall–Kier alpha value is -8.20. The minimum Gasteiger partial charge on any atom is -0.489 e. The van der Waals surface area contributed by atoms with Crippen molar-refractivity contribution in [1.29, 1.82) is 0 Å². The van der Waals surface area contributed by atoms with Gasteiger partial charge in [-0.25, -0.2) is 0 Å². The Morgan fingerprint density at radius 2 is 0.792 bits per heavy atom. The average molecular weight is 930 g/mol. The van der Waals surface area contributed by atoms with Crippen molar-refractivity contribution in [1.82, 2.24) is 0 Å². The molecule has 0 bridgehead atoms. The number of anilines is 3. The first-order valence-electron chi connectivity index (χ1n) is 25.8. The van der Waals surface area contributed by atoms with E-state index in [-0.39, 0.29) is 0 Å². The van der Waals surface area contributed by atoms with Crippen LogP contribution < -0.4 is 9.64 Å². The third-order valence-corrected chi connectivity index (χ3v) is 15.9. The van der Waals surface area contributed by atoms with Gasteiger partial charge in [0.1, 0.15) is 12.4 Å². The number of hydrogen-bond donors (Lipinski definition) is 0. The molecule has 10 aromatic rings. The molecule has 2 aliphatic rings. The van der Waals surface area contributed by atoms with Crippen molar-refractivity contribution in [2.45, 2.75) is 63.4 Å². The second-order valence-corrected chi connectivity index (χ2v) is 20.1. The number of benzene rings is 10. The maximum absolute atomic E-state index is 6.52. The maximum Gasteiger partial charge on any atom is 0.119 e. The summed E-state index contributed by atoms with van der Waals surface area (Å²) in [6.45, 7) is 9.59. The van der Waals surface area contributed by atoms with Crippen molar-refractivity contribution in [2.75, 3.05) is 4.90 Å². The molecule has 10 aromatic carbocycles. The Morgan fingerprint density at radius 1 is 0.375 bits per heavy atom. The van der Waals surface area contributed by atoms with Crippen molar-refractivity contribution in [3.63, 3.8) is 0 Å². The van der Waals surface area contributed by atoms with E-state index in [4.69, 9.17) is 4.74 Å². The Kier molecular flexibility index (Phi) is 11.6. The predicted molar refractivity (Wildman–Crippen MR) is 299 cm³/mol. The molecule has 0 saturated carbocycles. The molecule has 0 heterocycles. The highest BCUT2D eigenvalue weighted by atomic mass is 16.5. The highest BCUT2D eigenvalue weighted by Gasteiger charge is 2.48. The van der Waals surface area contributed by atoms with E-state index in [1.807, 2.05) is 0 Å². The van der Waals surface area contributed by atoms with Crippen molar-refractivity contribution in [3.05, 3.63) is 310 Å². The van der Waals surface area contributed by atoms with Crippen molar-refractivity contribution in [3.8, 4) is 28.0 Å². The van der Waals surface area contributed by atoms with Crippen LogP contribution in [0.5, 0.6) is 5.75 Å². The number of nitrogens with zero attached hydrogens (tertiary/aromatic N) is 1. The van der Waals surface area contributed by atoms with E-state index in [0.29, 0.717) is 18.4 Å². The Bertz CT molecular complexity index is 3490. The van der Waals surface area contributed by atoms with Gasteiger partial charge >= 0.3 is 0 Å². The third kappa shape index (κ3) is 7.31. The summed E-state index contributed by atoms with van der Waals surface area (Å²) in [7, 11) is 0. The molecule has 2 aliphatic carbocycles. The van der Waals surface area contributed by atoms with E-state index in [1.54, 1.807) is 0 Å². The molecule has 0 aliphatic heterocycles. The summed E-state index contributed by atoms with van der Waals surface area (Å²) in [4.78, 5) is 2.46. The van der Waals surface area contributed by atoms with Crippen molar-refractivity contribution in [2.24, 2.45) is 0 Å². The summed E-state index contributed by atoms with van der Waals surface area (Å²) in [5, 5.41) is 0. The maximum atomic E-state index is 6.52. The summed E-state index contributed by atoms with van der Waals surface area (Å²) in [5.41, 5.74) is 21.1. The van der Waals surface area contributed by atoms with Gasteiger partial charge in [-0.3, -0.25) is 0 Å². The van der Waals surface area contributed by atoms with Gasteiger partial charge in [0.15, 0.2) is 0 Å². The summed E-state index contributed by atoms with van der Waals surface area (Å²) in [6, 6.07) is 92.7. The van der Waals surface area contributed by atoms with Crippen LogP contribution in [0.25, 0.3) is 22.3 Å². The smallest absolute Gasteiger partial charge is 0.119 e. The lowest BCUT2D eigenvalue weighted by molar-refractivity contribution is 0.306. The molecule has 2 unspecified atom stereocenters. The predicted octanol–water partition coefficient (Wildman–Crippen LogP) is 18.1. The molecular weight excluding hydrogens is 871 g/mol. The lowest BCUT2D eigenvalue weighted by Gasteiger charge is -2.36. The van der Waals surface area contributed by atoms with Gasteiger partial charge in [0.05, 0.1) is 10.8 Å². The van der Waals surface area contributed by atoms with E-state index in [0.717, 1.165) is 29.2 Å². The van der Waals surface area contributed by atoms with Gasteiger partial charge in [0.2, 0.25) is 0 Å². The molecule has 2 atom stereocenters. The second kappa shape index (κ2) is 18.5. The fourth-order valence-electron chi connectivity index (χ4n) is 12.1. The molecule has 12 rings (SSSR count). The number of fused-ring (bicyclic) bond motifs is 6. The van der Waals surface area contributed by atoms with Gasteiger partial charge in [0.25, 0.3) is 0 Å². The second-order valence-electron chi connectivity index (χ2n) is 20.1. The van der Waals surface area contributed by atoms with Crippen LogP contribution in [0.2, 0.25) is 0 Å². The zero-order valence-corrected chi connectivity index (χ0v) is 41.6. The van der Waals surface area contributed by atoms with E-state index in [9.17, 15) is 0 Å². The standard InChI is InChI=1S/C70H59NO/c1-5-49(4)52-31-29-50(30-32-52)47-72-60-41-37-56(38-42-60)70(55-35-33-51(34-36-55)48(2)3)66-28-18-16-26-62(66)64-44-40-59(46-68(64)70)71(57-23-13-8-14-24-57)58-39-43-63-61-25-15-17-27-65(61)69(67(63)45-58,53-19-9-6-10-20-53)54-21-11-7-12-22-54/h6-46,48-49H,5,47H2,1-4H3. The summed E-state index contributed by atoms with van der Waals surface area (Å²) in [6.07, 6.45) is 1.13. The van der Waals surface area contributed by atoms with Gasteiger partial charge in [-0.05, 0) is 150 Å². The van der Waals surface area contributed by atoms with E-state index in [1.165, 1.54) is 83.5 Å². The van der Waals surface area contributed by atoms with Gasteiger partial charge in [-0.2, -0.15) is 0 Å². The third-order valence-electron chi connectivity index (χ3n) is 15.9. The molecule has 0 amide bonds. The van der Waals surface area contributed by atoms with Gasteiger partial charge < -0.3 is 9.64 Å². The Morgan fingerprint density at radius 3 is 1.28 bits per heavy atom. The van der Waals surface area contributed by atoms with E-state index >= 15 is 0 Å². The number of para-hydroxylation sites is 1. The van der Waals surface area contributed by atoms with Crippen LogP contribution in [0.15, 0.2) is 249 Å². The molecule has 0 aromatic heterocycles. The van der Waals surface area contributed by atoms with Crippen molar-refractivity contribution >= 4 is 17.1 Å². The summed E-state index contributed by atoms with van der Waals surface area (Å²) in [5.74, 6) is 1.81. The SMILES string of the molecule is CCC(C)c1ccc(COc2ccc(C3(c4ccc(C(C)C)cc4)c4ccccc4-c4ccc(N(c5ccccc5)c5ccc6c(c5)C(c5ccccc5)(c5ccccc5)c5ccccc5-6)cc43)cc2)cc1. The molecule has 2 heteroatoms. The first-order valence-corrected chi connectivity index (χ1v) is 25.8. The molecular formula is C70H59NO. The summed E-state index contributed by atoms with van der Waals surface area (Å²) < 4.78 is 6.52. The summed E-state index contributed by atoms with van der Waals surface area (Å²) >= 11 is 0. The van der Waals surface area contributed by atoms with Crippen LogP contribution in [0.3, 0.4) is 0 Å². The fourth-order valence-corrected chi connectivity index (χ4v) is 12.1. The monoisotopic (exact) mass is 929 g/mol. The highest BCUT2D eigenvalue weighted by Crippen LogP contribution is 2.59. The highest BCUT2D eigenvalue weighted by molar-refractivity contribution is 5.92. The molecule has 0 radical (unpaired) electrons. The van der Waals surface area contributed by atoms with Gasteiger partial charge in [-0.1, -0.05) is 228 Å². The number of hydrogen-bond acceptors (Lipinski definition) is 2. The van der Waals surface area contributed by atoms with Crippen LogP contribution in [0.1, 0.15) is 107 Å². The van der Waals surface area contributed by atoms with Crippen molar-refractivity contribution < 1.29 is 4.74 Å². The molecule has 0 spiro atoms. The van der Waals surface area contributed by atoms with Crippen LogP contribution >= 0.6 is 0 Å². The Balaban J connectivity index is 1.04.